The van der Waals surface area contributed by atoms with E-state index in [0.717, 1.165) is 11.0 Å². The molecule has 0 heterocycles. The summed E-state index contributed by atoms with van der Waals surface area (Å²) >= 11 is 3.51. The Labute approximate surface area is 108 Å². The van der Waals surface area contributed by atoms with Gasteiger partial charge < -0.3 is 5.32 Å². The minimum absolute atomic E-state index is 0.444. The summed E-state index contributed by atoms with van der Waals surface area (Å²) in [6, 6.07) is 8.96. The lowest BCUT2D eigenvalue weighted by Crippen LogP contribution is -2.19. The van der Waals surface area contributed by atoms with E-state index in [1.165, 1.54) is 31.2 Å². The molecule has 0 fully saturated rings. The highest BCUT2D eigenvalue weighted by Crippen LogP contribution is 2.17. The predicted molar refractivity (Wildman–Crippen MR) is 74.7 cm³/mol. The first-order valence-corrected chi connectivity index (χ1v) is 7.02. The quantitative estimate of drug-likeness (QED) is 0.717. The lowest BCUT2D eigenvalue weighted by atomic mass is 10.1. The molecule has 0 amide bonds. The van der Waals surface area contributed by atoms with Gasteiger partial charge in [0, 0.05) is 10.5 Å². The summed E-state index contributed by atoms with van der Waals surface area (Å²) in [5.74, 6) is 0. The largest absolute Gasteiger partial charge is 0.310 e. The number of hydrogen-bond donors (Lipinski definition) is 1. The van der Waals surface area contributed by atoms with Crippen LogP contribution in [0.5, 0.6) is 0 Å². The minimum atomic E-state index is 0.444. The summed E-state index contributed by atoms with van der Waals surface area (Å²) in [6.07, 6.45) is 5.29. The molecule has 0 spiro atoms. The fourth-order valence-corrected chi connectivity index (χ4v) is 2.18. The highest BCUT2D eigenvalue weighted by Gasteiger charge is 2.03. The van der Waals surface area contributed by atoms with Crippen LogP contribution in [0, 0.1) is 0 Å². The molecule has 1 aromatic carbocycles. The Kier molecular flexibility index (Phi) is 6.74. The third-order valence-corrected chi connectivity index (χ3v) is 3.32. The molecule has 0 aliphatic rings. The Balaban J connectivity index is 2.27. The molecule has 0 aliphatic heterocycles. The Bertz CT molecular complexity index is 299. The summed E-state index contributed by atoms with van der Waals surface area (Å²) in [7, 11) is 0. The van der Waals surface area contributed by atoms with Gasteiger partial charge in [-0.25, -0.2) is 0 Å². The van der Waals surface area contributed by atoms with Crippen molar-refractivity contribution in [2.24, 2.45) is 0 Å². The van der Waals surface area contributed by atoms with Crippen LogP contribution in [0.25, 0.3) is 0 Å². The van der Waals surface area contributed by atoms with Crippen molar-refractivity contribution in [2.45, 2.75) is 45.6 Å². The minimum Gasteiger partial charge on any atom is -0.310 e. The molecular formula is C14H22BrN. The van der Waals surface area contributed by atoms with Gasteiger partial charge in [-0.15, -0.1) is 0 Å². The van der Waals surface area contributed by atoms with E-state index in [2.05, 4.69) is 59.4 Å². The molecule has 0 radical (unpaired) electrons. The van der Waals surface area contributed by atoms with Gasteiger partial charge in [-0.05, 0) is 37.6 Å². The summed E-state index contributed by atoms with van der Waals surface area (Å²) < 4.78 is 1.16. The number of benzene rings is 1. The fraction of sp³-hybridized carbons (Fsp3) is 0.571. The van der Waals surface area contributed by atoms with Gasteiger partial charge in [0.1, 0.15) is 0 Å². The van der Waals surface area contributed by atoms with Gasteiger partial charge in [0.2, 0.25) is 0 Å². The molecule has 1 aromatic rings. The number of rotatable bonds is 7. The Hall–Kier alpha value is -0.340. The van der Waals surface area contributed by atoms with E-state index in [0.29, 0.717) is 6.04 Å². The first kappa shape index (κ1) is 13.7. The lowest BCUT2D eigenvalue weighted by Gasteiger charge is -2.14. The van der Waals surface area contributed by atoms with Gasteiger partial charge in [0.15, 0.2) is 0 Å². The molecular weight excluding hydrogens is 262 g/mol. The molecule has 0 saturated carbocycles. The predicted octanol–water partition coefficient (Wildman–Crippen LogP) is 4.68. The maximum atomic E-state index is 3.56. The van der Waals surface area contributed by atoms with Crippen LogP contribution in [0.1, 0.15) is 51.1 Å². The zero-order chi connectivity index (χ0) is 11.8. The standard InChI is InChI=1S/C14H22BrN/c1-3-4-5-6-10-16-12(2)13-8-7-9-14(15)11-13/h7-9,11-12,16H,3-6,10H2,1-2H3/t12-/m1/s1. The van der Waals surface area contributed by atoms with Gasteiger partial charge in [-0.3, -0.25) is 0 Å². The molecule has 0 saturated heterocycles. The first-order valence-electron chi connectivity index (χ1n) is 6.23. The molecule has 0 aromatic heterocycles. The SMILES string of the molecule is CCCCCCN[C@H](C)c1cccc(Br)c1. The molecule has 1 nitrogen and oxygen atoms in total. The van der Waals surface area contributed by atoms with Crippen LogP contribution in [-0.2, 0) is 0 Å². The smallest absolute Gasteiger partial charge is 0.0292 e. The second kappa shape index (κ2) is 7.86. The molecule has 16 heavy (non-hydrogen) atoms. The Morgan fingerprint density at radius 3 is 2.75 bits per heavy atom. The van der Waals surface area contributed by atoms with Crippen LogP contribution >= 0.6 is 15.9 Å². The molecule has 0 bridgehead atoms. The van der Waals surface area contributed by atoms with Crippen LogP contribution in [0.3, 0.4) is 0 Å². The third-order valence-electron chi connectivity index (χ3n) is 2.83. The maximum absolute atomic E-state index is 3.56. The van der Waals surface area contributed by atoms with Gasteiger partial charge in [-0.1, -0.05) is 54.2 Å². The van der Waals surface area contributed by atoms with Crippen molar-refractivity contribution in [2.75, 3.05) is 6.54 Å². The van der Waals surface area contributed by atoms with Crippen molar-refractivity contribution in [3.05, 3.63) is 34.3 Å². The highest BCUT2D eigenvalue weighted by atomic mass is 79.9. The van der Waals surface area contributed by atoms with Gasteiger partial charge in [0.25, 0.3) is 0 Å². The number of hydrogen-bond acceptors (Lipinski definition) is 1. The van der Waals surface area contributed by atoms with Crippen molar-refractivity contribution >= 4 is 15.9 Å². The average Bonchev–Trinajstić information content (AvgIpc) is 2.28. The normalized spacial score (nSPS) is 12.7. The molecule has 1 atom stereocenters. The molecule has 1 N–H and O–H groups in total. The second-order valence-electron chi connectivity index (χ2n) is 4.29. The van der Waals surface area contributed by atoms with Crippen LogP contribution < -0.4 is 5.32 Å². The van der Waals surface area contributed by atoms with E-state index >= 15 is 0 Å². The van der Waals surface area contributed by atoms with Crippen LogP contribution in [0.4, 0.5) is 0 Å². The van der Waals surface area contributed by atoms with Crippen molar-refractivity contribution in [1.82, 2.24) is 5.32 Å². The summed E-state index contributed by atoms with van der Waals surface area (Å²) in [6.45, 7) is 5.59. The number of halogens is 1. The van der Waals surface area contributed by atoms with Gasteiger partial charge in [-0.2, -0.15) is 0 Å². The van der Waals surface area contributed by atoms with Crippen molar-refractivity contribution < 1.29 is 0 Å². The zero-order valence-electron chi connectivity index (χ0n) is 10.3. The zero-order valence-corrected chi connectivity index (χ0v) is 11.9. The summed E-state index contributed by atoms with van der Waals surface area (Å²) in [4.78, 5) is 0. The van der Waals surface area contributed by atoms with Crippen LogP contribution in [0.2, 0.25) is 0 Å². The summed E-state index contributed by atoms with van der Waals surface area (Å²) in [5, 5.41) is 3.56. The molecule has 0 unspecified atom stereocenters. The third kappa shape index (κ3) is 5.13. The Morgan fingerprint density at radius 1 is 1.25 bits per heavy atom. The fourth-order valence-electron chi connectivity index (χ4n) is 1.76. The van der Waals surface area contributed by atoms with E-state index in [-0.39, 0.29) is 0 Å². The van der Waals surface area contributed by atoms with E-state index < -0.39 is 0 Å². The van der Waals surface area contributed by atoms with Gasteiger partial charge >= 0.3 is 0 Å². The van der Waals surface area contributed by atoms with Crippen molar-refractivity contribution in [3.63, 3.8) is 0 Å². The van der Waals surface area contributed by atoms with E-state index in [4.69, 9.17) is 0 Å². The topological polar surface area (TPSA) is 12.0 Å². The second-order valence-corrected chi connectivity index (χ2v) is 5.21. The van der Waals surface area contributed by atoms with Gasteiger partial charge in [0.05, 0.1) is 0 Å². The molecule has 2 heteroatoms. The number of unbranched alkanes of at least 4 members (excludes halogenated alkanes) is 3. The van der Waals surface area contributed by atoms with Crippen LogP contribution in [-0.4, -0.2) is 6.54 Å². The average molecular weight is 284 g/mol. The van der Waals surface area contributed by atoms with E-state index in [1.807, 2.05) is 0 Å². The first-order chi connectivity index (χ1) is 7.74. The molecule has 1 rings (SSSR count). The Morgan fingerprint density at radius 2 is 2.06 bits per heavy atom. The van der Waals surface area contributed by atoms with E-state index in [1.54, 1.807) is 0 Å². The monoisotopic (exact) mass is 283 g/mol. The highest BCUT2D eigenvalue weighted by molar-refractivity contribution is 9.10. The van der Waals surface area contributed by atoms with E-state index in [9.17, 15) is 0 Å². The summed E-state index contributed by atoms with van der Waals surface area (Å²) in [5.41, 5.74) is 1.35. The van der Waals surface area contributed by atoms with Crippen LogP contribution in [0.15, 0.2) is 28.7 Å². The molecule has 0 aliphatic carbocycles. The number of nitrogens with one attached hydrogen (secondary N) is 1. The lowest BCUT2D eigenvalue weighted by molar-refractivity contribution is 0.536. The van der Waals surface area contributed by atoms with Crippen molar-refractivity contribution in [1.29, 1.82) is 0 Å². The molecule has 90 valence electrons. The van der Waals surface area contributed by atoms with Crippen molar-refractivity contribution in [3.8, 4) is 0 Å². The maximum Gasteiger partial charge on any atom is 0.0292 e.